The second-order valence-corrected chi connectivity index (χ2v) is 4.35. The average molecular weight is 263 g/mol. The Morgan fingerprint density at radius 2 is 1.28 bits per heavy atom. The summed E-state index contributed by atoms with van der Waals surface area (Å²) in [6.07, 6.45) is 0. The first-order valence-electron chi connectivity index (χ1n) is 5.66. The van der Waals surface area contributed by atoms with E-state index in [1.165, 1.54) is 0 Å². The van der Waals surface area contributed by atoms with Gasteiger partial charge in [0.25, 0.3) is 0 Å². The van der Waals surface area contributed by atoms with Crippen molar-refractivity contribution in [3.05, 3.63) is 59.7 Å². The summed E-state index contributed by atoms with van der Waals surface area (Å²) in [7, 11) is 3.29. The van der Waals surface area contributed by atoms with Crippen LogP contribution in [0.15, 0.2) is 48.5 Å². The Kier molecular flexibility index (Phi) is 4.11. The van der Waals surface area contributed by atoms with E-state index in [4.69, 9.17) is 21.1 Å². The first-order valence-corrected chi connectivity index (χ1v) is 6.10. The summed E-state index contributed by atoms with van der Waals surface area (Å²) in [5.41, 5.74) is 2.01. The average Bonchev–Trinajstić information content (AvgIpc) is 2.46. The Hall–Kier alpha value is -1.67. The van der Waals surface area contributed by atoms with Gasteiger partial charge in [0, 0.05) is 0 Å². The lowest BCUT2D eigenvalue weighted by Gasteiger charge is -2.12. The van der Waals surface area contributed by atoms with E-state index in [0.717, 1.165) is 22.6 Å². The molecule has 0 fully saturated rings. The summed E-state index contributed by atoms with van der Waals surface area (Å²) >= 11 is 6.48. The summed E-state index contributed by atoms with van der Waals surface area (Å²) in [6.45, 7) is 0. The van der Waals surface area contributed by atoms with Gasteiger partial charge in [-0.15, -0.1) is 11.6 Å². The Bertz CT molecular complexity index is 478. The predicted molar refractivity (Wildman–Crippen MR) is 73.7 cm³/mol. The monoisotopic (exact) mass is 262 g/mol. The van der Waals surface area contributed by atoms with Crippen molar-refractivity contribution in [2.24, 2.45) is 0 Å². The van der Waals surface area contributed by atoms with Gasteiger partial charge in [0.1, 0.15) is 11.5 Å². The number of alkyl halides is 1. The zero-order chi connectivity index (χ0) is 13.0. The van der Waals surface area contributed by atoms with Crippen molar-refractivity contribution < 1.29 is 9.47 Å². The zero-order valence-electron chi connectivity index (χ0n) is 10.4. The molecule has 0 saturated heterocycles. The molecule has 18 heavy (non-hydrogen) atoms. The van der Waals surface area contributed by atoms with Crippen LogP contribution in [-0.2, 0) is 0 Å². The van der Waals surface area contributed by atoms with Crippen molar-refractivity contribution in [2.45, 2.75) is 5.38 Å². The van der Waals surface area contributed by atoms with Crippen LogP contribution in [0.5, 0.6) is 11.5 Å². The molecule has 0 radical (unpaired) electrons. The highest BCUT2D eigenvalue weighted by Gasteiger charge is 2.12. The molecule has 0 aromatic heterocycles. The summed E-state index contributed by atoms with van der Waals surface area (Å²) in [4.78, 5) is 0. The molecule has 0 spiro atoms. The summed E-state index contributed by atoms with van der Waals surface area (Å²) in [5.74, 6) is 1.61. The molecule has 0 bridgehead atoms. The Morgan fingerprint density at radius 3 is 1.67 bits per heavy atom. The maximum atomic E-state index is 6.48. The van der Waals surface area contributed by atoms with Crippen LogP contribution in [0.25, 0.3) is 0 Å². The number of halogens is 1. The molecule has 0 atom stereocenters. The normalized spacial score (nSPS) is 10.4. The van der Waals surface area contributed by atoms with Crippen LogP contribution in [0.4, 0.5) is 0 Å². The second-order valence-electron chi connectivity index (χ2n) is 3.92. The van der Waals surface area contributed by atoms with E-state index in [0.29, 0.717) is 0 Å². The summed E-state index contributed by atoms with van der Waals surface area (Å²) < 4.78 is 10.4. The van der Waals surface area contributed by atoms with Gasteiger partial charge in [-0.3, -0.25) is 0 Å². The van der Waals surface area contributed by atoms with Crippen LogP contribution in [-0.4, -0.2) is 14.2 Å². The van der Waals surface area contributed by atoms with Crippen LogP contribution in [0.1, 0.15) is 16.5 Å². The second kappa shape index (κ2) is 5.78. The molecule has 94 valence electrons. The standard InChI is InChI=1S/C15H15ClO2/c1-17-13-7-3-5-11(9-13)15(16)12-6-4-8-14(10-12)18-2/h3-10,15H,1-2H3. The maximum Gasteiger partial charge on any atom is 0.119 e. The maximum absolute atomic E-state index is 6.48. The number of ether oxygens (including phenoxy) is 2. The summed E-state index contributed by atoms with van der Waals surface area (Å²) in [6, 6.07) is 15.5. The van der Waals surface area contributed by atoms with Crippen molar-refractivity contribution in [3.8, 4) is 11.5 Å². The van der Waals surface area contributed by atoms with E-state index in [1.807, 2.05) is 48.5 Å². The Balaban J connectivity index is 2.31. The van der Waals surface area contributed by atoms with E-state index in [1.54, 1.807) is 14.2 Å². The molecule has 0 aliphatic carbocycles. The zero-order valence-corrected chi connectivity index (χ0v) is 11.1. The quantitative estimate of drug-likeness (QED) is 0.775. The lowest BCUT2D eigenvalue weighted by Crippen LogP contribution is -1.95. The SMILES string of the molecule is COc1cccc(C(Cl)c2cccc(OC)c2)c1. The first-order chi connectivity index (χ1) is 8.74. The molecule has 0 aliphatic rings. The smallest absolute Gasteiger partial charge is 0.119 e. The topological polar surface area (TPSA) is 18.5 Å². The molecular formula is C15H15ClO2. The molecule has 2 rings (SSSR count). The van der Waals surface area contributed by atoms with Crippen LogP contribution in [0.3, 0.4) is 0 Å². The number of hydrogen-bond donors (Lipinski definition) is 0. The van der Waals surface area contributed by atoms with Gasteiger partial charge in [0.05, 0.1) is 19.6 Å². The van der Waals surface area contributed by atoms with Gasteiger partial charge in [-0.05, 0) is 35.4 Å². The van der Waals surface area contributed by atoms with Gasteiger partial charge in [-0.1, -0.05) is 24.3 Å². The van der Waals surface area contributed by atoms with Crippen molar-refractivity contribution in [1.82, 2.24) is 0 Å². The van der Waals surface area contributed by atoms with E-state index >= 15 is 0 Å². The first kappa shape index (κ1) is 12.8. The molecule has 0 saturated carbocycles. The molecule has 0 heterocycles. The van der Waals surface area contributed by atoms with Crippen molar-refractivity contribution in [1.29, 1.82) is 0 Å². The lowest BCUT2D eigenvalue weighted by molar-refractivity contribution is 0.414. The van der Waals surface area contributed by atoms with E-state index in [2.05, 4.69) is 0 Å². The summed E-state index contributed by atoms with van der Waals surface area (Å²) in [5, 5.41) is -0.213. The highest BCUT2D eigenvalue weighted by molar-refractivity contribution is 6.22. The molecule has 2 aromatic carbocycles. The largest absolute Gasteiger partial charge is 0.497 e. The fourth-order valence-corrected chi connectivity index (χ4v) is 2.06. The van der Waals surface area contributed by atoms with Crippen molar-refractivity contribution in [3.63, 3.8) is 0 Å². The Morgan fingerprint density at radius 1 is 0.833 bits per heavy atom. The molecule has 0 N–H and O–H groups in total. The molecule has 2 nitrogen and oxygen atoms in total. The molecule has 0 unspecified atom stereocenters. The molecular weight excluding hydrogens is 248 g/mol. The minimum atomic E-state index is -0.213. The van der Waals surface area contributed by atoms with Crippen molar-refractivity contribution in [2.75, 3.05) is 14.2 Å². The minimum Gasteiger partial charge on any atom is -0.497 e. The Labute approximate surface area is 112 Å². The third-order valence-corrected chi connectivity index (χ3v) is 3.28. The van der Waals surface area contributed by atoms with Crippen LogP contribution >= 0.6 is 11.6 Å². The third kappa shape index (κ3) is 2.77. The number of methoxy groups -OCH3 is 2. The number of rotatable bonds is 4. The highest BCUT2D eigenvalue weighted by atomic mass is 35.5. The lowest BCUT2D eigenvalue weighted by atomic mass is 10.0. The molecule has 2 aromatic rings. The number of hydrogen-bond acceptors (Lipinski definition) is 2. The molecule has 3 heteroatoms. The van der Waals surface area contributed by atoms with Crippen LogP contribution < -0.4 is 9.47 Å². The van der Waals surface area contributed by atoms with Crippen molar-refractivity contribution >= 4 is 11.6 Å². The van der Waals surface area contributed by atoms with Gasteiger partial charge in [0.2, 0.25) is 0 Å². The van der Waals surface area contributed by atoms with Crippen LogP contribution in [0, 0.1) is 0 Å². The predicted octanol–water partition coefficient (Wildman–Crippen LogP) is 4.03. The number of benzene rings is 2. The van der Waals surface area contributed by atoms with Gasteiger partial charge < -0.3 is 9.47 Å². The highest BCUT2D eigenvalue weighted by Crippen LogP contribution is 2.32. The van der Waals surface area contributed by atoms with E-state index < -0.39 is 0 Å². The third-order valence-electron chi connectivity index (χ3n) is 2.77. The van der Waals surface area contributed by atoms with Gasteiger partial charge in [-0.25, -0.2) is 0 Å². The van der Waals surface area contributed by atoms with E-state index in [-0.39, 0.29) is 5.38 Å². The molecule has 0 amide bonds. The van der Waals surface area contributed by atoms with Gasteiger partial charge >= 0.3 is 0 Å². The van der Waals surface area contributed by atoms with E-state index in [9.17, 15) is 0 Å². The fourth-order valence-electron chi connectivity index (χ4n) is 1.79. The molecule has 0 aliphatic heterocycles. The fraction of sp³-hybridized carbons (Fsp3) is 0.200. The minimum absolute atomic E-state index is 0.213. The van der Waals surface area contributed by atoms with Gasteiger partial charge in [0.15, 0.2) is 0 Å². The van der Waals surface area contributed by atoms with Crippen LogP contribution in [0.2, 0.25) is 0 Å². The van der Waals surface area contributed by atoms with Gasteiger partial charge in [-0.2, -0.15) is 0 Å².